The summed E-state index contributed by atoms with van der Waals surface area (Å²) in [5, 5.41) is 2.42. The van der Waals surface area contributed by atoms with E-state index in [0.717, 1.165) is 84.0 Å². The van der Waals surface area contributed by atoms with E-state index in [-0.39, 0.29) is 10.8 Å². The van der Waals surface area contributed by atoms with Crippen molar-refractivity contribution in [2.45, 2.75) is 57.5 Å². The minimum atomic E-state index is -0.916. The zero-order valence-electron chi connectivity index (χ0n) is 32.6. The molecule has 5 aromatic carbocycles. The molecule has 3 aliphatic heterocycles. The summed E-state index contributed by atoms with van der Waals surface area (Å²) in [4.78, 5) is 2.45. The van der Waals surface area contributed by atoms with Crippen LogP contribution in [-0.2, 0) is 22.2 Å². The Balaban J connectivity index is 1.33. The first kappa shape index (κ1) is 34.3. The molecule has 5 aromatic rings. The van der Waals surface area contributed by atoms with Crippen molar-refractivity contribution in [3.63, 3.8) is 0 Å². The number of fused-ring (bicyclic) bond motifs is 12. The fourth-order valence-corrected chi connectivity index (χ4v) is 10.8. The summed E-state index contributed by atoms with van der Waals surface area (Å²) in [5.41, 5.74) is 11.7. The van der Waals surface area contributed by atoms with Gasteiger partial charge in [-0.25, -0.2) is 0 Å². The Labute approximate surface area is 324 Å². The zero-order valence-corrected chi connectivity index (χ0v) is 32.6. The molecule has 0 radical (unpaired) electrons. The smallest absolute Gasteiger partial charge is 0.178 e. The second-order valence-corrected chi connectivity index (χ2v) is 16.7. The number of hydrogen-bond acceptors (Lipinski definition) is 6. The maximum Gasteiger partial charge on any atom is 0.178 e. The molecule has 1 atom stereocenters. The van der Waals surface area contributed by atoms with Gasteiger partial charge in [-0.15, -0.1) is 0 Å². The van der Waals surface area contributed by atoms with Gasteiger partial charge in [-0.05, 0) is 90.3 Å². The van der Waals surface area contributed by atoms with Gasteiger partial charge in [0.2, 0.25) is 0 Å². The first-order chi connectivity index (χ1) is 26.8. The number of ether oxygens (including phenoxy) is 5. The van der Waals surface area contributed by atoms with Crippen molar-refractivity contribution in [1.29, 1.82) is 0 Å². The van der Waals surface area contributed by atoms with E-state index in [9.17, 15) is 0 Å². The minimum absolute atomic E-state index is 0.108. The van der Waals surface area contributed by atoms with Crippen molar-refractivity contribution in [3.8, 4) is 34.1 Å². The highest BCUT2D eigenvalue weighted by atomic mass is 16.5. The highest BCUT2D eigenvalue weighted by Gasteiger charge is 2.53. The first-order valence-corrected chi connectivity index (χ1v) is 19.9. The summed E-state index contributed by atoms with van der Waals surface area (Å²) in [6.45, 7) is 10.8. The van der Waals surface area contributed by atoms with Crippen molar-refractivity contribution in [1.82, 2.24) is 0 Å². The molecule has 1 saturated heterocycles. The first-order valence-electron chi connectivity index (χ1n) is 19.9. The molecule has 3 heterocycles. The fraction of sp³-hybridized carbons (Fsp3) is 0.347. The maximum absolute atomic E-state index is 7.85. The number of anilines is 1. The van der Waals surface area contributed by atoms with Crippen molar-refractivity contribution < 1.29 is 23.7 Å². The van der Waals surface area contributed by atoms with E-state index >= 15 is 0 Å². The van der Waals surface area contributed by atoms with Crippen LogP contribution in [0, 0.1) is 5.41 Å². The maximum atomic E-state index is 7.85. The third-order valence-electron chi connectivity index (χ3n) is 13.0. The SMILES string of the molecule is C/C=C1\CC(C)(C)CC2(C1)c1ccccc1-c1c2c2c(c3cc(N4CCOCC4)c4c(c13)CCO4)OC(c1ccc(OC)cc1)(c1ccc(OC)cc1)C=C2. The van der Waals surface area contributed by atoms with Gasteiger partial charge in [0.15, 0.2) is 5.60 Å². The summed E-state index contributed by atoms with van der Waals surface area (Å²) >= 11 is 0. The highest BCUT2D eigenvalue weighted by molar-refractivity contribution is 6.12. The third kappa shape index (κ3) is 5.10. The number of hydrogen-bond donors (Lipinski definition) is 0. The van der Waals surface area contributed by atoms with Crippen LogP contribution in [0.15, 0.2) is 96.6 Å². The molecular formula is C49H49NO5. The molecule has 2 fully saturated rings. The predicted octanol–water partition coefficient (Wildman–Crippen LogP) is 10.4. The van der Waals surface area contributed by atoms with Gasteiger partial charge in [-0.1, -0.05) is 80.1 Å². The molecular weight excluding hydrogens is 683 g/mol. The van der Waals surface area contributed by atoms with Crippen LogP contribution in [0.1, 0.15) is 73.4 Å². The molecule has 1 spiro atoms. The molecule has 1 unspecified atom stereocenters. The second-order valence-electron chi connectivity index (χ2n) is 16.7. The van der Waals surface area contributed by atoms with Gasteiger partial charge < -0.3 is 28.6 Å². The van der Waals surface area contributed by atoms with Crippen LogP contribution in [0.2, 0.25) is 0 Å². The van der Waals surface area contributed by atoms with E-state index in [2.05, 4.69) is 98.5 Å². The summed E-state index contributed by atoms with van der Waals surface area (Å²) in [6.07, 6.45) is 11.1. The van der Waals surface area contributed by atoms with Crippen molar-refractivity contribution in [3.05, 3.63) is 130 Å². The zero-order chi connectivity index (χ0) is 37.5. The molecule has 0 amide bonds. The summed E-state index contributed by atoms with van der Waals surface area (Å²) in [6, 6.07) is 28.3. The molecule has 6 nitrogen and oxygen atoms in total. The number of morpholine rings is 1. The molecule has 0 bridgehead atoms. The normalized spacial score (nSPS) is 22.1. The lowest BCUT2D eigenvalue weighted by atomic mass is 9.57. The predicted molar refractivity (Wildman–Crippen MR) is 220 cm³/mol. The van der Waals surface area contributed by atoms with Gasteiger partial charge in [-0.2, -0.15) is 0 Å². The Hall–Kier alpha value is -5.20. The lowest BCUT2D eigenvalue weighted by molar-refractivity contribution is 0.122. The summed E-state index contributed by atoms with van der Waals surface area (Å²) < 4.78 is 31.6. The molecule has 55 heavy (non-hydrogen) atoms. The van der Waals surface area contributed by atoms with Gasteiger partial charge in [0.05, 0.1) is 39.7 Å². The summed E-state index contributed by atoms with van der Waals surface area (Å²) in [7, 11) is 3.42. The lowest BCUT2D eigenvalue weighted by Gasteiger charge is -2.47. The Kier molecular flexibility index (Phi) is 7.90. The largest absolute Gasteiger partial charge is 0.497 e. The molecule has 5 aliphatic rings. The van der Waals surface area contributed by atoms with Crippen LogP contribution in [0.3, 0.4) is 0 Å². The molecule has 6 heteroatoms. The van der Waals surface area contributed by atoms with Gasteiger partial charge in [0.25, 0.3) is 0 Å². The van der Waals surface area contributed by atoms with E-state index in [1.165, 1.54) is 44.3 Å². The van der Waals surface area contributed by atoms with Gasteiger partial charge in [0, 0.05) is 58.0 Å². The summed E-state index contributed by atoms with van der Waals surface area (Å²) in [5.74, 6) is 3.57. The topological polar surface area (TPSA) is 49.4 Å². The second kappa shape index (κ2) is 12.7. The van der Waals surface area contributed by atoms with Gasteiger partial charge >= 0.3 is 0 Å². The number of methoxy groups -OCH3 is 2. The number of allylic oxidation sites excluding steroid dienone is 2. The van der Waals surface area contributed by atoms with Crippen LogP contribution in [0.25, 0.3) is 28.0 Å². The minimum Gasteiger partial charge on any atom is -0.497 e. The molecule has 10 rings (SSSR count). The Morgan fingerprint density at radius 3 is 2.16 bits per heavy atom. The number of benzene rings is 5. The molecule has 280 valence electrons. The van der Waals surface area contributed by atoms with Crippen LogP contribution < -0.4 is 23.8 Å². The molecule has 1 saturated carbocycles. The Morgan fingerprint density at radius 1 is 0.800 bits per heavy atom. The van der Waals surface area contributed by atoms with E-state index in [1.807, 2.05) is 24.3 Å². The van der Waals surface area contributed by atoms with Gasteiger partial charge in [-0.3, -0.25) is 0 Å². The molecule has 2 aliphatic carbocycles. The van der Waals surface area contributed by atoms with E-state index in [4.69, 9.17) is 23.7 Å². The van der Waals surface area contributed by atoms with Crippen LogP contribution in [-0.4, -0.2) is 47.1 Å². The monoisotopic (exact) mass is 731 g/mol. The van der Waals surface area contributed by atoms with Crippen molar-refractivity contribution in [2.24, 2.45) is 5.41 Å². The third-order valence-corrected chi connectivity index (χ3v) is 13.0. The average molecular weight is 732 g/mol. The Morgan fingerprint density at radius 2 is 1.49 bits per heavy atom. The van der Waals surface area contributed by atoms with Crippen molar-refractivity contribution in [2.75, 3.05) is 52.0 Å². The van der Waals surface area contributed by atoms with E-state index in [0.29, 0.717) is 19.8 Å². The van der Waals surface area contributed by atoms with Crippen molar-refractivity contribution >= 4 is 22.5 Å². The number of rotatable bonds is 5. The lowest BCUT2D eigenvalue weighted by Crippen LogP contribution is -2.39. The number of nitrogens with zero attached hydrogens (tertiary/aromatic N) is 1. The Bertz CT molecular complexity index is 2350. The van der Waals surface area contributed by atoms with E-state index in [1.54, 1.807) is 14.2 Å². The molecule has 0 N–H and O–H groups in total. The quantitative estimate of drug-likeness (QED) is 0.168. The average Bonchev–Trinajstić information content (AvgIpc) is 3.82. The fourth-order valence-electron chi connectivity index (χ4n) is 10.8. The van der Waals surface area contributed by atoms with Gasteiger partial charge in [0.1, 0.15) is 23.0 Å². The van der Waals surface area contributed by atoms with Crippen LogP contribution in [0.4, 0.5) is 5.69 Å². The highest BCUT2D eigenvalue weighted by Crippen LogP contribution is 2.66. The van der Waals surface area contributed by atoms with Crippen LogP contribution >= 0.6 is 0 Å². The standard InChI is InChI=1S/C49H49NO5/c1-6-31-28-47(2,3)30-48(29-31)40-10-8-7-9-36(40)43-42-37-20-24-54-46(37)41(50-22-25-53-26-23-50)27-39(42)45-38(44(43)48)19-21-49(55-45,32-11-15-34(51-4)16-12-32)33-13-17-35(52-5)18-14-33/h6-19,21,27H,20,22-26,28-30H2,1-5H3/b31-6+. The molecule has 0 aromatic heterocycles. The van der Waals surface area contributed by atoms with E-state index < -0.39 is 5.60 Å². The van der Waals surface area contributed by atoms with Crippen LogP contribution in [0.5, 0.6) is 23.0 Å².